The molecule has 0 spiro atoms. The molecule has 18 heavy (non-hydrogen) atoms. The predicted molar refractivity (Wildman–Crippen MR) is 75.3 cm³/mol. The zero-order chi connectivity index (χ0) is 13.7. The quantitative estimate of drug-likeness (QED) is 0.803. The van der Waals surface area contributed by atoms with Crippen molar-refractivity contribution in [2.75, 3.05) is 5.32 Å². The van der Waals surface area contributed by atoms with Crippen molar-refractivity contribution < 1.29 is 9.90 Å². The zero-order valence-electron chi connectivity index (χ0n) is 11.7. The smallest absolute Gasteiger partial charge is 0.337 e. The highest BCUT2D eigenvalue weighted by atomic mass is 16.4. The summed E-state index contributed by atoms with van der Waals surface area (Å²) in [6.45, 7) is 8.40. The Hall–Kier alpha value is -1.51. The number of rotatable bonds is 6. The van der Waals surface area contributed by atoms with Gasteiger partial charge in [0.1, 0.15) is 0 Å². The van der Waals surface area contributed by atoms with E-state index in [0.29, 0.717) is 11.5 Å². The fourth-order valence-electron chi connectivity index (χ4n) is 2.38. The molecular weight excluding hydrogens is 226 g/mol. The van der Waals surface area contributed by atoms with Crippen LogP contribution in [0.1, 0.15) is 49.5 Å². The van der Waals surface area contributed by atoms with Crippen molar-refractivity contribution in [2.45, 2.75) is 46.6 Å². The lowest BCUT2D eigenvalue weighted by Crippen LogP contribution is -2.26. The normalized spacial score (nSPS) is 12.5. The third kappa shape index (κ3) is 3.25. The second kappa shape index (κ2) is 6.43. The summed E-state index contributed by atoms with van der Waals surface area (Å²) in [7, 11) is 0. The van der Waals surface area contributed by atoms with E-state index in [1.54, 1.807) is 12.1 Å². The van der Waals surface area contributed by atoms with Crippen LogP contribution in [0.25, 0.3) is 0 Å². The molecule has 100 valence electrons. The van der Waals surface area contributed by atoms with Crippen LogP contribution in [0.5, 0.6) is 0 Å². The highest BCUT2D eigenvalue weighted by Gasteiger charge is 2.18. The molecule has 1 unspecified atom stereocenters. The molecule has 3 heteroatoms. The number of benzene rings is 1. The summed E-state index contributed by atoms with van der Waals surface area (Å²) in [5.41, 5.74) is 2.09. The van der Waals surface area contributed by atoms with Crippen molar-refractivity contribution >= 4 is 11.7 Å². The van der Waals surface area contributed by atoms with Gasteiger partial charge >= 0.3 is 5.97 Å². The second-order valence-corrected chi connectivity index (χ2v) is 4.81. The number of carbonyl (C=O) groups is 1. The van der Waals surface area contributed by atoms with Crippen molar-refractivity contribution in [3.05, 3.63) is 29.3 Å². The van der Waals surface area contributed by atoms with Crippen LogP contribution < -0.4 is 5.32 Å². The average Bonchev–Trinajstić information content (AvgIpc) is 2.33. The van der Waals surface area contributed by atoms with Crippen molar-refractivity contribution in [1.82, 2.24) is 0 Å². The summed E-state index contributed by atoms with van der Waals surface area (Å²) in [5, 5.41) is 12.6. The summed E-state index contributed by atoms with van der Waals surface area (Å²) in [6.07, 6.45) is 2.19. The fourth-order valence-corrected chi connectivity index (χ4v) is 2.38. The van der Waals surface area contributed by atoms with Crippen LogP contribution >= 0.6 is 0 Å². The Morgan fingerprint density at radius 1 is 1.33 bits per heavy atom. The molecule has 3 nitrogen and oxygen atoms in total. The fraction of sp³-hybridized carbons (Fsp3) is 0.533. The van der Waals surface area contributed by atoms with E-state index < -0.39 is 5.97 Å². The molecule has 1 aromatic rings. The lowest BCUT2D eigenvalue weighted by molar-refractivity contribution is 0.0698. The molecule has 0 aromatic heterocycles. The minimum absolute atomic E-state index is 0.277. The molecule has 1 atom stereocenters. The van der Waals surface area contributed by atoms with E-state index in [1.807, 2.05) is 13.0 Å². The number of aromatic carboxylic acids is 1. The number of hydrogen-bond acceptors (Lipinski definition) is 2. The SMILES string of the molecule is CCC(CC)C(C)Nc1c(C)cccc1C(=O)O. The summed E-state index contributed by atoms with van der Waals surface area (Å²) in [5.74, 6) is -0.316. The van der Waals surface area contributed by atoms with Crippen molar-refractivity contribution in [2.24, 2.45) is 5.92 Å². The molecule has 1 aromatic carbocycles. The second-order valence-electron chi connectivity index (χ2n) is 4.81. The van der Waals surface area contributed by atoms with Gasteiger partial charge in [0, 0.05) is 6.04 Å². The van der Waals surface area contributed by atoms with Gasteiger partial charge in [0.2, 0.25) is 0 Å². The molecule has 0 saturated carbocycles. The number of carboxylic acid groups (broad SMARTS) is 1. The van der Waals surface area contributed by atoms with E-state index in [1.165, 1.54) is 0 Å². The topological polar surface area (TPSA) is 49.3 Å². The monoisotopic (exact) mass is 249 g/mol. The molecule has 0 aliphatic rings. The Morgan fingerprint density at radius 2 is 1.94 bits per heavy atom. The Morgan fingerprint density at radius 3 is 2.44 bits per heavy atom. The van der Waals surface area contributed by atoms with Gasteiger partial charge in [-0.25, -0.2) is 4.79 Å². The third-order valence-electron chi connectivity index (χ3n) is 3.63. The molecule has 0 heterocycles. The van der Waals surface area contributed by atoms with Gasteiger partial charge < -0.3 is 10.4 Å². The van der Waals surface area contributed by atoms with Gasteiger partial charge in [-0.1, -0.05) is 38.8 Å². The van der Waals surface area contributed by atoms with Crippen molar-refractivity contribution in [3.63, 3.8) is 0 Å². The number of nitrogens with one attached hydrogen (secondary N) is 1. The highest BCUT2D eigenvalue weighted by molar-refractivity contribution is 5.95. The van der Waals surface area contributed by atoms with Crippen molar-refractivity contribution in [3.8, 4) is 0 Å². The first-order chi connectivity index (χ1) is 8.51. The molecular formula is C15H23NO2. The summed E-state index contributed by atoms with van der Waals surface area (Å²) < 4.78 is 0. The first-order valence-corrected chi connectivity index (χ1v) is 6.60. The first kappa shape index (κ1) is 14.6. The number of anilines is 1. The summed E-state index contributed by atoms with van der Waals surface area (Å²) in [6, 6.07) is 5.65. The van der Waals surface area contributed by atoms with Crippen molar-refractivity contribution in [1.29, 1.82) is 0 Å². The van der Waals surface area contributed by atoms with Gasteiger partial charge in [0.05, 0.1) is 11.3 Å². The molecule has 0 fully saturated rings. The average molecular weight is 249 g/mol. The summed E-state index contributed by atoms with van der Waals surface area (Å²) >= 11 is 0. The molecule has 0 bridgehead atoms. The Labute approximate surface area is 109 Å². The predicted octanol–water partition coefficient (Wildman–Crippen LogP) is 3.93. The first-order valence-electron chi connectivity index (χ1n) is 6.60. The maximum atomic E-state index is 11.2. The van der Waals surface area contributed by atoms with Crippen LogP contribution in [0.4, 0.5) is 5.69 Å². The molecule has 1 rings (SSSR count). The number of hydrogen-bond donors (Lipinski definition) is 2. The van der Waals surface area contributed by atoms with E-state index in [9.17, 15) is 9.90 Å². The largest absolute Gasteiger partial charge is 0.478 e. The van der Waals surface area contributed by atoms with E-state index >= 15 is 0 Å². The summed E-state index contributed by atoms with van der Waals surface area (Å²) in [4.78, 5) is 11.2. The van der Waals surface area contributed by atoms with E-state index in [2.05, 4.69) is 26.1 Å². The third-order valence-corrected chi connectivity index (χ3v) is 3.63. The number of para-hydroxylation sites is 1. The van der Waals surface area contributed by atoms with E-state index in [0.717, 1.165) is 24.1 Å². The molecule has 0 amide bonds. The van der Waals surface area contributed by atoms with Crippen LogP contribution in [0, 0.1) is 12.8 Å². The maximum Gasteiger partial charge on any atom is 0.337 e. The van der Waals surface area contributed by atoms with Gasteiger partial charge in [-0.05, 0) is 31.4 Å². The molecule has 0 aliphatic heterocycles. The molecule has 0 radical (unpaired) electrons. The standard InChI is InChI=1S/C15H23NO2/c1-5-12(6-2)11(4)16-14-10(3)8-7-9-13(14)15(17)18/h7-9,11-12,16H,5-6H2,1-4H3,(H,17,18). The Kier molecular flexibility index (Phi) is 5.20. The van der Waals surface area contributed by atoms with Gasteiger partial charge in [-0.15, -0.1) is 0 Å². The van der Waals surface area contributed by atoms with Crippen LogP contribution in [0.15, 0.2) is 18.2 Å². The maximum absolute atomic E-state index is 11.2. The Bertz CT molecular complexity index is 411. The lowest BCUT2D eigenvalue weighted by Gasteiger charge is -2.25. The van der Waals surface area contributed by atoms with Crippen LogP contribution in [0.2, 0.25) is 0 Å². The minimum Gasteiger partial charge on any atom is -0.478 e. The van der Waals surface area contributed by atoms with E-state index in [-0.39, 0.29) is 6.04 Å². The highest BCUT2D eigenvalue weighted by Crippen LogP contribution is 2.24. The van der Waals surface area contributed by atoms with E-state index in [4.69, 9.17) is 0 Å². The molecule has 0 aliphatic carbocycles. The number of carboxylic acids is 1. The van der Waals surface area contributed by atoms with Crippen LogP contribution in [-0.4, -0.2) is 17.1 Å². The Balaban J connectivity index is 2.99. The molecule has 2 N–H and O–H groups in total. The van der Waals surface area contributed by atoms with Crippen LogP contribution in [0.3, 0.4) is 0 Å². The van der Waals surface area contributed by atoms with Gasteiger partial charge in [0.15, 0.2) is 0 Å². The lowest BCUT2D eigenvalue weighted by atomic mass is 9.94. The van der Waals surface area contributed by atoms with Crippen LogP contribution in [-0.2, 0) is 0 Å². The zero-order valence-corrected chi connectivity index (χ0v) is 11.7. The van der Waals surface area contributed by atoms with Gasteiger partial charge in [0.25, 0.3) is 0 Å². The number of aryl methyl sites for hydroxylation is 1. The minimum atomic E-state index is -0.877. The van der Waals surface area contributed by atoms with Gasteiger partial charge in [-0.3, -0.25) is 0 Å². The van der Waals surface area contributed by atoms with Gasteiger partial charge in [-0.2, -0.15) is 0 Å². The molecule has 0 saturated heterocycles.